The number of nitrogens with zero attached hydrogens (tertiary/aromatic N) is 1. The Morgan fingerprint density at radius 1 is 1.00 bits per heavy atom. The van der Waals surface area contributed by atoms with Crippen molar-refractivity contribution >= 4 is 49.1 Å². The molecule has 1 heterocycles. The monoisotopic (exact) mass is 446 g/mol. The zero-order valence-corrected chi connectivity index (χ0v) is 18.2. The highest BCUT2D eigenvalue weighted by Gasteiger charge is 2.22. The SMILES string of the molecule is COc1ccc(C(Nc2nc3ccc(Cl)cc3s2)c2c(O)ccc3ccccc23)cc1. The topological polar surface area (TPSA) is 54.4 Å². The summed E-state index contributed by atoms with van der Waals surface area (Å²) in [6.07, 6.45) is 0. The van der Waals surface area contributed by atoms with Crippen LogP contribution in [0.3, 0.4) is 0 Å². The summed E-state index contributed by atoms with van der Waals surface area (Å²) < 4.78 is 6.33. The van der Waals surface area contributed by atoms with Gasteiger partial charge < -0.3 is 15.2 Å². The van der Waals surface area contributed by atoms with Gasteiger partial charge >= 0.3 is 0 Å². The highest BCUT2D eigenvalue weighted by atomic mass is 35.5. The van der Waals surface area contributed by atoms with Crippen molar-refractivity contribution in [1.82, 2.24) is 4.98 Å². The van der Waals surface area contributed by atoms with E-state index < -0.39 is 0 Å². The Kier molecular flexibility index (Phi) is 5.14. The smallest absolute Gasteiger partial charge is 0.184 e. The van der Waals surface area contributed by atoms with E-state index in [-0.39, 0.29) is 11.8 Å². The van der Waals surface area contributed by atoms with Gasteiger partial charge in [-0.15, -0.1) is 0 Å². The third-order valence-corrected chi connectivity index (χ3v) is 6.49. The third-order valence-electron chi connectivity index (χ3n) is 5.30. The molecule has 0 fully saturated rings. The van der Waals surface area contributed by atoms with Crippen LogP contribution < -0.4 is 10.1 Å². The molecule has 154 valence electrons. The third kappa shape index (κ3) is 3.78. The van der Waals surface area contributed by atoms with E-state index in [0.29, 0.717) is 5.02 Å². The normalized spacial score (nSPS) is 12.2. The van der Waals surface area contributed by atoms with Crippen molar-refractivity contribution in [3.8, 4) is 11.5 Å². The largest absolute Gasteiger partial charge is 0.508 e. The maximum absolute atomic E-state index is 10.9. The average molecular weight is 447 g/mol. The van der Waals surface area contributed by atoms with Crippen LogP contribution in [0.25, 0.3) is 21.0 Å². The van der Waals surface area contributed by atoms with Gasteiger partial charge in [0.25, 0.3) is 0 Å². The van der Waals surface area contributed by atoms with E-state index in [1.54, 1.807) is 13.2 Å². The summed E-state index contributed by atoms with van der Waals surface area (Å²) >= 11 is 7.69. The molecule has 5 rings (SSSR count). The number of methoxy groups -OCH3 is 1. The molecule has 0 aliphatic rings. The van der Waals surface area contributed by atoms with E-state index in [1.807, 2.05) is 72.8 Å². The number of aromatic hydroxyl groups is 1. The molecule has 0 radical (unpaired) electrons. The summed E-state index contributed by atoms with van der Waals surface area (Å²) in [5.74, 6) is 1.01. The Morgan fingerprint density at radius 2 is 1.81 bits per heavy atom. The molecule has 0 saturated carbocycles. The molecule has 31 heavy (non-hydrogen) atoms. The molecule has 4 nitrogen and oxygen atoms in total. The number of hydrogen-bond donors (Lipinski definition) is 2. The second-order valence-corrected chi connectivity index (χ2v) is 8.67. The second-order valence-electron chi connectivity index (χ2n) is 7.20. The number of fused-ring (bicyclic) bond motifs is 2. The van der Waals surface area contributed by atoms with Gasteiger partial charge in [-0.05, 0) is 52.7 Å². The number of thiazole rings is 1. The minimum atomic E-state index is -0.312. The quantitative estimate of drug-likeness (QED) is 0.304. The summed E-state index contributed by atoms with van der Waals surface area (Å²) in [5.41, 5.74) is 2.68. The zero-order chi connectivity index (χ0) is 21.4. The van der Waals surface area contributed by atoms with Crippen LogP contribution >= 0.6 is 22.9 Å². The first kappa shape index (κ1) is 19.7. The Labute approximate surface area is 188 Å². The second kappa shape index (κ2) is 8.10. The van der Waals surface area contributed by atoms with E-state index in [9.17, 15) is 5.11 Å². The molecule has 2 N–H and O–H groups in total. The number of aromatic nitrogens is 1. The molecule has 1 unspecified atom stereocenters. The first-order chi connectivity index (χ1) is 15.1. The van der Waals surface area contributed by atoms with E-state index in [2.05, 4.69) is 5.32 Å². The Bertz CT molecular complexity index is 1380. The maximum Gasteiger partial charge on any atom is 0.184 e. The van der Waals surface area contributed by atoms with Crippen molar-refractivity contribution in [2.75, 3.05) is 12.4 Å². The van der Waals surface area contributed by atoms with Gasteiger partial charge in [0.2, 0.25) is 0 Å². The van der Waals surface area contributed by atoms with Crippen molar-refractivity contribution in [3.05, 3.63) is 95.0 Å². The van der Waals surface area contributed by atoms with Crippen molar-refractivity contribution in [2.24, 2.45) is 0 Å². The van der Waals surface area contributed by atoms with Gasteiger partial charge in [0.15, 0.2) is 5.13 Å². The van der Waals surface area contributed by atoms with Crippen molar-refractivity contribution in [1.29, 1.82) is 0 Å². The Morgan fingerprint density at radius 3 is 2.61 bits per heavy atom. The number of phenols is 1. The standard InChI is InChI=1S/C25H19ClN2O2S/c1-30-18-10-6-16(7-11-18)24(23-19-5-3-2-4-15(19)8-13-21(23)29)28-25-27-20-12-9-17(26)14-22(20)31-25/h2-14,24,29H,1H3,(H,27,28). The minimum Gasteiger partial charge on any atom is -0.508 e. The van der Waals surface area contributed by atoms with Crippen molar-refractivity contribution < 1.29 is 9.84 Å². The fraction of sp³-hybridized carbons (Fsp3) is 0.0800. The molecule has 6 heteroatoms. The van der Waals surface area contributed by atoms with E-state index in [0.717, 1.165) is 43.0 Å². The lowest BCUT2D eigenvalue weighted by Crippen LogP contribution is -2.13. The van der Waals surface area contributed by atoms with Crippen LogP contribution in [-0.2, 0) is 0 Å². The van der Waals surface area contributed by atoms with E-state index in [4.69, 9.17) is 21.3 Å². The summed E-state index contributed by atoms with van der Waals surface area (Å²) in [6.45, 7) is 0. The molecule has 4 aromatic carbocycles. The summed E-state index contributed by atoms with van der Waals surface area (Å²) in [5, 5.41) is 17.9. The van der Waals surface area contributed by atoms with Crippen LogP contribution in [0.2, 0.25) is 5.02 Å². The first-order valence-corrected chi connectivity index (χ1v) is 11.0. The number of anilines is 1. The van der Waals surface area contributed by atoms with Gasteiger partial charge in [-0.2, -0.15) is 0 Å². The predicted molar refractivity (Wildman–Crippen MR) is 129 cm³/mol. The average Bonchev–Trinajstić information content (AvgIpc) is 3.19. The van der Waals surface area contributed by atoms with Crippen LogP contribution in [0.15, 0.2) is 78.9 Å². The lowest BCUT2D eigenvalue weighted by Gasteiger charge is -2.22. The lowest BCUT2D eigenvalue weighted by molar-refractivity contribution is 0.414. The van der Waals surface area contributed by atoms with Crippen LogP contribution in [0.4, 0.5) is 5.13 Å². The summed E-state index contributed by atoms with van der Waals surface area (Å²) in [7, 11) is 1.65. The lowest BCUT2D eigenvalue weighted by atomic mass is 9.93. The van der Waals surface area contributed by atoms with Crippen LogP contribution in [0.1, 0.15) is 17.2 Å². The van der Waals surface area contributed by atoms with Crippen LogP contribution in [0, 0.1) is 0 Å². The maximum atomic E-state index is 10.9. The molecule has 0 bridgehead atoms. The van der Waals surface area contributed by atoms with Gasteiger partial charge in [-0.3, -0.25) is 0 Å². The van der Waals surface area contributed by atoms with E-state index in [1.165, 1.54) is 11.3 Å². The van der Waals surface area contributed by atoms with Crippen molar-refractivity contribution in [3.63, 3.8) is 0 Å². The molecule has 0 amide bonds. The minimum absolute atomic E-state index is 0.233. The number of benzene rings is 4. The van der Waals surface area contributed by atoms with Gasteiger partial charge in [0.1, 0.15) is 11.5 Å². The first-order valence-electron chi connectivity index (χ1n) is 9.79. The Balaban J connectivity index is 1.66. The Hall–Kier alpha value is -3.28. The van der Waals surface area contributed by atoms with Crippen molar-refractivity contribution in [2.45, 2.75) is 6.04 Å². The summed E-state index contributed by atoms with van der Waals surface area (Å²) in [6, 6.07) is 24.9. The molecular formula is C25H19ClN2O2S. The number of phenolic OH excluding ortho intramolecular Hbond substituents is 1. The highest BCUT2D eigenvalue weighted by Crippen LogP contribution is 2.39. The fourth-order valence-corrected chi connectivity index (χ4v) is 4.96. The number of rotatable bonds is 5. The van der Waals surface area contributed by atoms with Gasteiger partial charge in [-0.1, -0.05) is 65.4 Å². The van der Waals surface area contributed by atoms with Gasteiger partial charge in [0, 0.05) is 10.6 Å². The molecule has 1 aromatic heterocycles. The highest BCUT2D eigenvalue weighted by molar-refractivity contribution is 7.22. The van der Waals surface area contributed by atoms with Gasteiger partial charge in [-0.25, -0.2) is 4.98 Å². The van der Waals surface area contributed by atoms with E-state index >= 15 is 0 Å². The molecule has 0 aliphatic carbocycles. The zero-order valence-electron chi connectivity index (χ0n) is 16.7. The summed E-state index contributed by atoms with van der Waals surface area (Å²) in [4.78, 5) is 4.73. The van der Waals surface area contributed by atoms with Crippen LogP contribution in [-0.4, -0.2) is 17.2 Å². The molecule has 0 aliphatic heterocycles. The molecule has 0 spiro atoms. The number of nitrogens with one attached hydrogen (secondary N) is 1. The number of ether oxygens (including phenoxy) is 1. The molecule has 5 aromatic rings. The molecule has 1 atom stereocenters. The number of halogens is 1. The number of hydrogen-bond acceptors (Lipinski definition) is 5. The molecule has 0 saturated heterocycles. The predicted octanol–water partition coefficient (Wildman–Crippen LogP) is 7.02. The fourth-order valence-electron chi connectivity index (χ4n) is 3.79. The molecular weight excluding hydrogens is 428 g/mol. The van der Waals surface area contributed by atoms with Gasteiger partial charge in [0.05, 0.1) is 23.4 Å². The van der Waals surface area contributed by atoms with Crippen LogP contribution in [0.5, 0.6) is 11.5 Å².